The van der Waals surface area contributed by atoms with E-state index in [4.69, 9.17) is 0 Å². The third kappa shape index (κ3) is 7.20. The minimum Gasteiger partial charge on any atom is -0.468 e. The van der Waals surface area contributed by atoms with Crippen LogP contribution in [0, 0.1) is 0 Å². The van der Waals surface area contributed by atoms with Gasteiger partial charge in [0.1, 0.15) is 0 Å². The van der Waals surface area contributed by atoms with Crippen LogP contribution in [0.1, 0.15) is 18.4 Å². The molecule has 1 saturated heterocycles. The monoisotopic (exact) mass is 367 g/mol. The van der Waals surface area contributed by atoms with Crippen molar-refractivity contribution in [1.29, 1.82) is 0 Å². The number of alkyl halides is 5. The molecule has 10 heteroatoms. The second-order valence-electron chi connectivity index (χ2n) is 5.85. The molecule has 5 nitrogen and oxygen atoms in total. The van der Waals surface area contributed by atoms with Crippen LogP contribution in [0.15, 0.2) is 18.3 Å². The summed E-state index contributed by atoms with van der Waals surface area (Å²) in [4.78, 5) is 16.9. The Balaban J connectivity index is 1.79. The molecule has 1 aliphatic rings. The van der Waals surface area contributed by atoms with Crippen molar-refractivity contribution < 1.29 is 31.5 Å². The van der Waals surface area contributed by atoms with Crippen molar-refractivity contribution in [1.82, 2.24) is 15.2 Å². The van der Waals surface area contributed by atoms with E-state index in [1.54, 1.807) is 0 Å². The third-order valence-corrected chi connectivity index (χ3v) is 3.51. The molecule has 140 valence electrons. The number of amides is 1. The quantitative estimate of drug-likeness (QED) is 0.785. The smallest absolute Gasteiger partial charge is 0.422 e. The molecule has 1 aromatic rings. The van der Waals surface area contributed by atoms with Crippen molar-refractivity contribution in [3.63, 3.8) is 0 Å². The van der Waals surface area contributed by atoms with E-state index >= 15 is 0 Å². The number of ether oxygens (including phenoxy) is 1. The fraction of sp³-hybridized carbons (Fsp3) is 0.600. The fourth-order valence-electron chi connectivity index (χ4n) is 2.44. The van der Waals surface area contributed by atoms with Crippen LogP contribution in [0.5, 0.6) is 5.88 Å². The van der Waals surface area contributed by atoms with Gasteiger partial charge in [-0.25, -0.2) is 13.8 Å². The number of rotatable bonds is 6. The summed E-state index contributed by atoms with van der Waals surface area (Å²) in [6.45, 7) is -1.61. The molecule has 0 aliphatic carbocycles. The van der Waals surface area contributed by atoms with E-state index in [1.165, 1.54) is 23.2 Å². The lowest BCUT2D eigenvalue weighted by Crippen LogP contribution is -2.46. The molecular formula is C15H18F5N3O2. The van der Waals surface area contributed by atoms with Crippen LogP contribution in [0.2, 0.25) is 0 Å². The first kappa shape index (κ1) is 19.4. The van der Waals surface area contributed by atoms with E-state index in [-0.39, 0.29) is 25.4 Å². The predicted molar refractivity (Wildman–Crippen MR) is 78.3 cm³/mol. The van der Waals surface area contributed by atoms with Gasteiger partial charge < -0.3 is 10.1 Å². The number of nitrogens with one attached hydrogen (secondary N) is 1. The van der Waals surface area contributed by atoms with Crippen LogP contribution in [0.3, 0.4) is 0 Å². The molecule has 0 saturated carbocycles. The van der Waals surface area contributed by atoms with E-state index in [2.05, 4.69) is 15.0 Å². The van der Waals surface area contributed by atoms with Gasteiger partial charge in [-0.2, -0.15) is 13.2 Å². The molecule has 0 bridgehead atoms. The molecule has 2 heterocycles. The molecular weight excluding hydrogens is 349 g/mol. The van der Waals surface area contributed by atoms with Crippen molar-refractivity contribution in [2.45, 2.75) is 31.5 Å². The van der Waals surface area contributed by atoms with E-state index in [1.807, 2.05) is 0 Å². The fourth-order valence-corrected chi connectivity index (χ4v) is 2.44. The molecule has 1 N–H and O–H groups in total. The molecule has 0 radical (unpaired) electrons. The maximum absolute atomic E-state index is 13.3. The highest BCUT2D eigenvalue weighted by Crippen LogP contribution is 2.26. The van der Waals surface area contributed by atoms with Crippen LogP contribution in [-0.2, 0) is 11.3 Å². The Bertz CT molecular complexity index is 595. The van der Waals surface area contributed by atoms with Crippen LogP contribution < -0.4 is 10.1 Å². The Morgan fingerprint density at radius 3 is 2.84 bits per heavy atom. The summed E-state index contributed by atoms with van der Waals surface area (Å²) in [5, 5.41) is 2.54. The van der Waals surface area contributed by atoms with Crippen molar-refractivity contribution in [2.24, 2.45) is 0 Å². The molecule has 0 unspecified atom stereocenters. The number of hydrogen-bond acceptors (Lipinski definition) is 4. The lowest BCUT2D eigenvalue weighted by atomic mass is 10.1. The predicted octanol–water partition coefficient (Wildman–Crippen LogP) is 2.37. The number of piperidine rings is 1. The van der Waals surface area contributed by atoms with Gasteiger partial charge in [0.25, 0.3) is 5.92 Å². The average molecular weight is 367 g/mol. The van der Waals surface area contributed by atoms with Crippen LogP contribution in [-0.4, -0.2) is 54.1 Å². The van der Waals surface area contributed by atoms with Gasteiger partial charge in [0.05, 0.1) is 13.1 Å². The molecule has 25 heavy (non-hydrogen) atoms. The number of pyridine rings is 1. The number of nitrogens with zero attached hydrogens (tertiary/aromatic N) is 2. The lowest BCUT2D eigenvalue weighted by molar-refractivity contribution is -0.154. The summed E-state index contributed by atoms with van der Waals surface area (Å²) in [5.74, 6) is -3.43. The van der Waals surface area contributed by atoms with Gasteiger partial charge in [-0.3, -0.25) is 9.69 Å². The van der Waals surface area contributed by atoms with Crippen LogP contribution in [0.4, 0.5) is 22.0 Å². The maximum atomic E-state index is 13.3. The van der Waals surface area contributed by atoms with Crippen LogP contribution in [0.25, 0.3) is 0 Å². The number of halogens is 5. The number of carbonyl (C=O) groups is 1. The number of likely N-dealkylation sites (tertiary alicyclic amines) is 1. The van der Waals surface area contributed by atoms with Gasteiger partial charge in [-0.15, -0.1) is 0 Å². The van der Waals surface area contributed by atoms with Gasteiger partial charge in [0, 0.05) is 25.2 Å². The zero-order chi connectivity index (χ0) is 18.5. The van der Waals surface area contributed by atoms with Crippen molar-refractivity contribution in [3.05, 3.63) is 23.9 Å². The summed E-state index contributed by atoms with van der Waals surface area (Å²) in [6.07, 6.45) is -3.06. The first-order valence-corrected chi connectivity index (χ1v) is 7.64. The summed E-state index contributed by atoms with van der Waals surface area (Å²) in [5.41, 5.74) is 0.490. The first-order chi connectivity index (χ1) is 11.6. The number of hydrogen-bond donors (Lipinski definition) is 1. The third-order valence-electron chi connectivity index (χ3n) is 3.51. The lowest BCUT2D eigenvalue weighted by Gasteiger charge is -2.31. The Labute approximate surface area is 141 Å². The standard InChI is InChI=1S/C15H18F5N3O2/c16-14(17)3-1-5-23(9-14)8-12(24)22-7-11-2-4-21-13(6-11)25-10-15(18,19)20/h2,4,6H,1,3,5,7-10H2,(H,22,24). The Hall–Kier alpha value is -1.97. The van der Waals surface area contributed by atoms with Crippen molar-refractivity contribution in [2.75, 3.05) is 26.2 Å². The van der Waals surface area contributed by atoms with Gasteiger partial charge in [0.2, 0.25) is 11.8 Å². The SMILES string of the molecule is O=C(CN1CCCC(F)(F)C1)NCc1ccnc(OCC(F)(F)F)c1. The zero-order valence-electron chi connectivity index (χ0n) is 13.3. The Morgan fingerprint density at radius 2 is 2.16 bits per heavy atom. The second kappa shape index (κ2) is 7.94. The topological polar surface area (TPSA) is 54.5 Å². The van der Waals surface area contributed by atoms with E-state index < -0.39 is 31.2 Å². The van der Waals surface area contributed by atoms with Crippen LogP contribution >= 0.6 is 0 Å². The van der Waals surface area contributed by atoms with Crippen molar-refractivity contribution >= 4 is 5.91 Å². The highest BCUT2D eigenvalue weighted by atomic mass is 19.4. The largest absolute Gasteiger partial charge is 0.468 e. The Morgan fingerprint density at radius 1 is 1.40 bits per heavy atom. The minimum absolute atomic E-state index is 0.0357. The molecule has 1 aromatic heterocycles. The minimum atomic E-state index is -4.47. The van der Waals surface area contributed by atoms with Gasteiger partial charge in [-0.1, -0.05) is 0 Å². The molecule has 0 aromatic carbocycles. The average Bonchev–Trinajstić information content (AvgIpc) is 2.50. The summed E-state index contributed by atoms with van der Waals surface area (Å²) < 4.78 is 67.4. The van der Waals surface area contributed by atoms with Gasteiger partial charge >= 0.3 is 6.18 Å². The number of carbonyl (C=O) groups excluding carboxylic acids is 1. The molecule has 0 spiro atoms. The summed E-state index contributed by atoms with van der Waals surface area (Å²) in [7, 11) is 0. The van der Waals surface area contributed by atoms with E-state index in [9.17, 15) is 26.7 Å². The highest BCUT2D eigenvalue weighted by molar-refractivity contribution is 5.78. The molecule has 1 fully saturated rings. The van der Waals surface area contributed by atoms with E-state index in [0.29, 0.717) is 18.5 Å². The summed E-state index contributed by atoms with van der Waals surface area (Å²) in [6, 6.07) is 2.79. The molecule has 1 amide bonds. The molecule has 1 aliphatic heterocycles. The second-order valence-corrected chi connectivity index (χ2v) is 5.85. The normalized spacial score (nSPS) is 18.0. The highest BCUT2D eigenvalue weighted by Gasteiger charge is 2.35. The zero-order valence-corrected chi connectivity index (χ0v) is 13.3. The summed E-state index contributed by atoms with van der Waals surface area (Å²) >= 11 is 0. The van der Waals surface area contributed by atoms with Gasteiger partial charge in [0.15, 0.2) is 6.61 Å². The Kier molecular flexibility index (Phi) is 6.15. The van der Waals surface area contributed by atoms with Crippen molar-refractivity contribution in [3.8, 4) is 5.88 Å². The van der Waals surface area contributed by atoms with Gasteiger partial charge in [-0.05, 0) is 24.6 Å². The molecule has 0 atom stereocenters. The first-order valence-electron chi connectivity index (χ1n) is 7.64. The maximum Gasteiger partial charge on any atom is 0.422 e. The van der Waals surface area contributed by atoms with E-state index in [0.717, 1.165) is 0 Å². The number of aromatic nitrogens is 1. The molecule has 2 rings (SSSR count).